The Balaban J connectivity index is 1.99. The Morgan fingerprint density at radius 3 is 2.41 bits per heavy atom. The van der Waals surface area contributed by atoms with Gasteiger partial charge in [0.05, 0.1) is 0 Å². The molecule has 0 aromatic heterocycles. The van der Waals surface area contributed by atoms with E-state index >= 15 is 0 Å². The summed E-state index contributed by atoms with van der Waals surface area (Å²) >= 11 is 0. The minimum Gasteiger partial charge on any atom is -0.341 e. The Hall–Kier alpha value is -0.570. The molecule has 0 aromatic rings. The van der Waals surface area contributed by atoms with Crippen molar-refractivity contribution in [1.82, 2.24) is 4.90 Å². The minimum absolute atomic E-state index is 0.0201. The Bertz CT molecular complexity index is 276. The number of nitrogens with two attached hydrogens (primary N) is 1. The molecule has 3 heteroatoms. The normalized spacial score (nSPS) is 24.1. The van der Waals surface area contributed by atoms with E-state index in [1.54, 1.807) is 0 Å². The topological polar surface area (TPSA) is 46.3 Å². The van der Waals surface area contributed by atoms with E-state index < -0.39 is 0 Å². The average molecular weight is 238 g/mol. The first kappa shape index (κ1) is 12.9. The van der Waals surface area contributed by atoms with Gasteiger partial charge in [0, 0.05) is 24.4 Å². The molecule has 2 rings (SSSR count). The predicted octanol–water partition coefficient (Wildman–Crippen LogP) is 2.01. The molecular formula is C14H26N2O. The number of carbonyl (C=O) groups excluding carboxylic acids is 1. The molecule has 17 heavy (non-hydrogen) atoms. The molecule has 1 heterocycles. The summed E-state index contributed by atoms with van der Waals surface area (Å²) < 4.78 is 0. The van der Waals surface area contributed by atoms with Crippen LogP contribution in [0.25, 0.3) is 0 Å². The third kappa shape index (κ3) is 2.49. The van der Waals surface area contributed by atoms with Crippen molar-refractivity contribution in [1.29, 1.82) is 0 Å². The molecule has 0 unspecified atom stereocenters. The van der Waals surface area contributed by atoms with E-state index in [4.69, 9.17) is 5.73 Å². The van der Waals surface area contributed by atoms with Gasteiger partial charge in [-0.1, -0.05) is 26.7 Å². The van der Waals surface area contributed by atoms with Crippen LogP contribution in [0.2, 0.25) is 0 Å². The highest BCUT2D eigenvalue weighted by Crippen LogP contribution is 2.45. The molecule has 0 radical (unpaired) electrons. The molecule has 0 bridgehead atoms. The van der Waals surface area contributed by atoms with Crippen molar-refractivity contribution in [2.75, 3.05) is 19.6 Å². The first-order valence-corrected chi connectivity index (χ1v) is 7.07. The maximum atomic E-state index is 12.6. The summed E-state index contributed by atoms with van der Waals surface area (Å²) in [5.41, 5.74) is 5.61. The van der Waals surface area contributed by atoms with Crippen LogP contribution >= 0.6 is 0 Å². The lowest BCUT2D eigenvalue weighted by molar-refractivity contribution is -0.149. The predicted molar refractivity (Wildman–Crippen MR) is 69.5 cm³/mol. The van der Waals surface area contributed by atoms with Crippen molar-refractivity contribution in [3.8, 4) is 0 Å². The van der Waals surface area contributed by atoms with E-state index in [0.717, 1.165) is 38.9 Å². The number of likely N-dealkylation sites (tertiary alicyclic amines) is 1. The third-order valence-corrected chi connectivity index (χ3v) is 4.39. The Labute approximate surface area is 105 Å². The molecule has 2 N–H and O–H groups in total. The van der Waals surface area contributed by atoms with Crippen molar-refractivity contribution >= 4 is 5.91 Å². The van der Waals surface area contributed by atoms with Gasteiger partial charge in [0.15, 0.2) is 0 Å². The zero-order valence-corrected chi connectivity index (χ0v) is 11.2. The highest BCUT2D eigenvalue weighted by Gasteiger charge is 2.46. The third-order valence-electron chi connectivity index (χ3n) is 4.39. The van der Waals surface area contributed by atoms with Gasteiger partial charge in [-0.3, -0.25) is 4.79 Å². The molecule has 0 atom stereocenters. The summed E-state index contributed by atoms with van der Waals surface area (Å²) in [4.78, 5) is 14.7. The van der Waals surface area contributed by atoms with Gasteiger partial charge < -0.3 is 10.6 Å². The van der Waals surface area contributed by atoms with Crippen LogP contribution in [0.1, 0.15) is 46.0 Å². The first-order valence-electron chi connectivity index (χ1n) is 7.07. The molecule has 0 spiro atoms. The van der Waals surface area contributed by atoms with Gasteiger partial charge in [-0.05, 0) is 31.7 Å². The molecule has 0 aromatic carbocycles. The zero-order valence-electron chi connectivity index (χ0n) is 11.2. The van der Waals surface area contributed by atoms with Gasteiger partial charge in [0.2, 0.25) is 5.91 Å². The van der Waals surface area contributed by atoms with Crippen LogP contribution in [-0.4, -0.2) is 30.4 Å². The second-order valence-corrected chi connectivity index (χ2v) is 6.40. The molecule has 98 valence electrons. The molecule has 1 saturated heterocycles. The van der Waals surface area contributed by atoms with E-state index in [1.165, 1.54) is 12.8 Å². The van der Waals surface area contributed by atoms with Crippen LogP contribution in [0.3, 0.4) is 0 Å². The van der Waals surface area contributed by atoms with Crippen LogP contribution in [0.5, 0.6) is 0 Å². The zero-order chi connectivity index (χ0) is 12.5. The molecule has 2 fully saturated rings. The lowest BCUT2D eigenvalue weighted by Crippen LogP contribution is -2.56. The molecule has 1 amide bonds. The fourth-order valence-corrected chi connectivity index (χ4v) is 3.56. The Kier molecular flexibility index (Phi) is 3.76. The van der Waals surface area contributed by atoms with Gasteiger partial charge >= 0.3 is 0 Å². The largest absolute Gasteiger partial charge is 0.341 e. The van der Waals surface area contributed by atoms with Gasteiger partial charge in [-0.25, -0.2) is 0 Å². The van der Waals surface area contributed by atoms with Crippen molar-refractivity contribution < 1.29 is 4.79 Å². The fourth-order valence-electron chi connectivity index (χ4n) is 3.56. The van der Waals surface area contributed by atoms with Gasteiger partial charge in [-0.15, -0.1) is 0 Å². The lowest BCUT2D eigenvalue weighted by Gasteiger charge is -2.44. The summed E-state index contributed by atoms with van der Waals surface area (Å²) in [6, 6.07) is 0. The van der Waals surface area contributed by atoms with Gasteiger partial charge in [-0.2, -0.15) is 0 Å². The van der Waals surface area contributed by atoms with Crippen LogP contribution in [0, 0.1) is 17.3 Å². The number of amides is 1. The molecular weight excluding hydrogens is 212 g/mol. The molecule has 1 aliphatic heterocycles. The monoisotopic (exact) mass is 238 g/mol. The van der Waals surface area contributed by atoms with Crippen LogP contribution in [0.15, 0.2) is 0 Å². The second kappa shape index (κ2) is 4.97. The van der Waals surface area contributed by atoms with E-state index in [0.29, 0.717) is 17.7 Å². The number of hydrogen-bond acceptors (Lipinski definition) is 2. The fraction of sp³-hybridized carbons (Fsp3) is 0.929. The van der Waals surface area contributed by atoms with Gasteiger partial charge in [0.1, 0.15) is 0 Å². The maximum absolute atomic E-state index is 12.6. The SMILES string of the molecule is CC(C)CC1(C(=O)N2CC(CN)C2)CCCC1. The average Bonchev–Trinajstić information content (AvgIpc) is 2.64. The standard InChI is InChI=1S/C14H26N2O/c1-11(2)7-14(5-3-4-6-14)13(17)16-9-12(8-15)10-16/h11-12H,3-10,15H2,1-2H3. The number of rotatable bonds is 4. The van der Waals surface area contributed by atoms with Crippen molar-refractivity contribution in [2.24, 2.45) is 23.0 Å². The summed E-state index contributed by atoms with van der Waals surface area (Å²) in [5.74, 6) is 1.59. The highest BCUT2D eigenvalue weighted by atomic mass is 16.2. The molecule has 2 aliphatic rings. The summed E-state index contributed by atoms with van der Waals surface area (Å²) in [6.45, 7) is 6.98. The van der Waals surface area contributed by atoms with Crippen LogP contribution < -0.4 is 5.73 Å². The van der Waals surface area contributed by atoms with Crippen molar-refractivity contribution in [2.45, 2.75) is 46.0 Å². The molecule has 3 nitrogen and oxygen atoms in total. The molecule has 1 saturated carbocycles. The van der Waals surface area contributed by atoms with E-state index in [9.17, 15) is 4.79 Å². The highest BCUT2D eigenvalue weighted by molar-refractivity contribution is 5.83. The summed E-state index contributed by atoms with van der Waals surface area (Å²) in [6.07, 6.45) is 5.73. The van der Waals surface area contributed by atoms with E-state index in [-0.39, 0.29) is 5.41 Å². The van der Waals surface area contributed by atoms with Crippen molar-refractivity contribution in [3.05, 3.63) is 0 Å². The number of nitrogens with zero attached hydrogens (tertiary/aromatic N) is 1. The van der Waals surface area contributed by atoms with E-state index in [1.807, 2.05) is 4.90 Å². The van der Waals surface area contributed by atoms with Crippen LogP contribution in [0.4, 0.5) is 0 Å². The van der Waals surface area contributed by atoms with Gasteiger partial charge in [0.25, 0.3) is 0 Å². The van der Waals surface area contributed by atoms with Crippen LogP contribution in [-0.2, 0) is 4.79 Å². The Morgan fingerprint density at radius 2 is 1.94 bits per heavy atom. The quantitative estimate of drug-likeness (QED) is 0.814. The maximum Gasteiger partial charge on any atom is 0.228 e. The van der Waals surface area contributed by atoms with E-state index in [2.05, 4.69) is 13.8 Å². The Morgan fingerprint density at radius 1 is 1.35 bits per heavy atom. The first-order chi connectivity index (χ1) is 8.07. The summed E-state index contributed by atoms with van der Waals surface area (Å²) in [5, 5.41) is 0. The lowest BCUT2D eigenvalue weighted by atomic mass is 9.76. The molecule has 1 aliphatic carbocycles. The number of hydrogen-bond donors (Lipinski definition) is 1. The smallest absolute Gasteiger partial charge is 0.228 e. The number of carbonyl (C=O) groups is 1. The minimum atomic E-state index is -0.0201. The summed E-state index contributed by atoms with van der Waals surface area (Å²) in [7, 11) is 0. The second-order valence-electron chi connectivity index (χ2n) is 6.40. The van der Waals surface area contributed by atoms with Crippen molar-refractivity contribution in [3.63, 3.8) is 0 Å².